The number of hydrogen-bond acceptors (Lipinski definition) is 4. The fraction of sp³-hybridized carbons (Fsp3) is 0.600. The van der Waals surface area contributed by atoms with E-state index in [4.69, 9.17) is 11.6 Å². The fourth-order valence-corrected chi connectivity index (χ4v) is 2.81. The molecular formula is C15H25ClN4O2S. The van der Waals surface area contributed by atoms with Gasteiger partial charge in [-0.25, -0.2) is 13.4 Å². The highest BCUT2D eigenvalue weighted by molar-refractivity contribution is 7.92. The lowest BCUT2D eigenvalue weighted by atomic mass is 10.2. The normalized spacial score (nSPS) is 13.0. The Kier molecular flexibility index (Phi) is 7.28. The van der Waals surface area contributed by atoms with Crippen LogP contribution in [0.2, 0.25) is 5.15 Å². The molecule has 1 aromatic rings. The molecule has 130 valence electrons. The van der Waals surface area contributed by atoms with Gasteiger partial charge >= 0.3 is 0 Å². The van der Waals surface area contributed by atoms with Gasteiger partial charge in [-0.3, -0.25) is 4.99 Å². The average Bonchev–Trinajstić information content (AvgIpc) is 2.46. The highest BCUT2D eigenvalue weighted by atomic mass is 35.5. The van der Waals surface area contributed by atoms with Crippen LogP contribution in [-0.4, -0.2) is 50.0 Å². The van der Waals surface area contributed by atoms with Gasteiger partial charge in [-0.05, 0) is 38.8 Å². The number of nitrogens with zero attached hydrogens (tertiary/aromatic N) is 2. The molecule has 0 aliphatic carbocycles. The number of nitrogens with one attached hydrogen (secondary N) is 2. The van der Waals surface area contributed by atoms with Crippen molar-refractivity contribution in [1.29, 1.82) is 0 Å². The molecule has 1 rings (SSSR count). The molecule has 0 saturated carbocycles. The largest absolute Gasteiger partial charge is 0.356 e. The summed E-state index contributed by atoms with van der Waals surface area (Å²) in [6.45, 7) is 6.09. The SMILES string of the molecule is CN=C(NCCc1ccc(Cl)nc1)NCCS(=O)(=O)C(C)(C)C. The maximum absolute atomic E-state index is 12.0. The van der Waals surface area contributed by atoms with E-state index in [2.05, 4.69) is 20.6 Å². The Morgan fingerprint density at radius 1 is 1.26 bits per heavy atom. The quantitative estimate of drug-likeness (QED) is 0.458. The zero-order chi connectivity index (χ0) is 17.5. The Morgan fingerprint density at radius 3 is 2.43 bits per heavy atom. The number of guanidine groups is 1. The summed E-state index contributed by atoms with van der Waals surface area (Å²) in [5.41, 5.74) is 1.06. The molecule has 0 aliphatic heterocycles. The van der Waals surface area contributed by atoms with Crippen LogP contribution in [0.4, 0.5) is 0 Å². The van der Waals surface area contributed by atoms with Gasteiger partial charge in [0.05, 0.1) is 10.5 Å². The van der Waals surface area contributed by atoms with E-state index in [-0.39, 0.29) is 5.75 Å². The molecular weight excluding hydrogens is 336 g/mol. The van der Waals surface area contributed by atoms with E-state index in [1.54, 1.807) is 40.1 Å². The van der Waals surface area contributed by atoms with Crippen molar-refractivity contribution in [2.45, 2.75) is 31.9 Å². The summed E-state index contributed by atoms with van der Waals surface area (Å²) >= 11 is 5.74. The summed E-state index contributed by atoms with van der Waals surface area (Å²) in [6.07, 6.45) is 2.50. The van der Waals surface area contributed by atoms with Crippen LogP contribution in [0.1, 0.15) is 26.3 Å². The third-order valence-corrected chi connectivity index (χ3v) is 6.15. The topological polar surface area (TPSA) is 83.4 Å². The summed E-state index contributed by atoms with van der Waals surface area (Å²) in [4.78, 5) is 8.10. The van der Waals surface area contributed by atoms with Gasteiger partial charge in [0, 0.05) is 26.3 Å². The van der Waals surface area contributed by atoms with E-state index in [9.17, 15) is 8.42 Å². The van der Waals surface area contributed by atoms with Crippen LogP contribution in [-0.2, 0) is 16.3 Å². The first-order chi connectivity index (χ1) is 10.7. The molecule has 0 unspecified atom stereocenters. The predicted molar refractivity (Wildman–Crippen MR) is 95.9 cm³/mol. The molecule has 0 amide bonds. The first-order valence-electron chi connectivity index (χ1n) is 7.43. The standard InChI is InChI=1S/C15H25ClN4O2S/c1-15(2,3)23(21,22)10-9-19-14(17-4)18-8-7-12-5-6-13(16)20-11-12/h5-6,11H,7-10H2,1-4H3,(H2,17,18,19). The minimum Gasteiger partial charge on any atom is -0.356 e. The Labute approximate surface area is 143 Å². The van der Waals surface area contributed by atoms with E-state index < -0.39 is 14.6 Å². The van der Waals surface area contributed by atoms with Crippen molar-refractivity contribution in [1.82, 2.24) is 15.6 Å². The summed E-state index contributed by atoms with van der Waals surface area (Å²) in [6, 6.07) is 3.67. The molecule has 0 radical (unpaired) electrons. The number of pyridine rings is 1. The van der Waals surface area contributed by atoms with Crippen molar-refractivity contribution >= 4 is 27.4 Å². The minimum atomic E-state index is -3.14. The van der Waals surface area contributed by atoms with Crippen molar-refractivity contribution in [2.24, 2.45) is 4.99 Å². The molecule has 0 fully saturated rings. The molecule has 2 N–H and O–H groups in total. The van der Waals surface area contributed by atoms with Gasteiger partial charge in [0.25, 0.3) is 0 Å². The van der Waals surface area contributed by atoms with Crippen LogP contribution >= 0.6 is 11.6 Å². The highest BCUT2D eigenvalue weighted by Crippen LogP contribution is 2.15. The van der Waals surface area contributed by atoms with Crippen molar-refractivity contribution in [3.05, 3.63) is 29.0 Å². The Balaban J connectivity index is 2.37. The summed E-state index contributed by atoms with van der Waals surface area (Å²) in [5, 5.41) is 6.63. The van der Waals surface area contributed by atoms with Crippen molar-refractivity contribution in [3.63, 3.8) is 0 Å². The Bertz CT molecular complexity index is 622. The van der Waals surface area contributed by atoms with E-state index in [0.717, 1.165) is 12.0 Å². The van der Waals surface area contributed by atoms with Crippen LogP contribution in [0.5, 0.6) is 0 Å². The molecule has 0 saturated heterocycles. The van der Waals surface area contributed by atoms with Gasteiger partial charge in [-0.1, -0.05) is 17.7 Å². The minimum absolute atomic E-state index is 0.0678. The summed E-state index contributed by atoms with van der Waals surface area (Å²) < 4.78 is 23.3. The van der Waals surface area contributed by atoms with E-state index in [1.165, 1.54) is 0 Å². The molecule has 6 nitrogen and oxygen atoms in total. The number of hydrogen-bond donors (Lipinski definition) is 2. The van der Waals surface area contributed by atoms with Crippen LogP contribution in [0.15, 0.2) is 23.3 Å². The zero-order valence-corrected chi connectivity index (χ0v) is 15.6. The average molecular weight is 361 g/mol. The van der Waals surface area contributed by atoms with Crippen LogP contribution in [0, 0.1) is 0 Å². The second-order valence-electron chi connectivity index (χ2n) is 6.10. The third-order valence-electron chi connectivity index (χ3n) is 3.31. The predicted octanol–water partition coefficient (Wildman–Crippen LogP) is 1.66. The van der Waals surface area contributed by atoms with Crippen molar-refractivity contribution < 1.29 is 8.42 Å². The van der Waals surface area contributed by atoms with E-state index >= 15 is 0 Å². The maximum Gasteiger partial charge on any atom is 0.191 e. The van der Waals surface area contributed by atoms with Gasteiger partial charge < -0.3 is 10.6 Å². The zero-order valence-electron chi connectivity index (χ0n) is 14.1. The maximum atomic E-state index is 12.0. The number of aliphatic imine (C=N–C) groups is 1. The van der Waals surface area contributed by atoms with Gasteiger partial charge in [0.15, 0.2) is 15.8 Å². The number of sulfone groups is 1. The monoisotopic (exact) mass is 360 g/mol. The smallest absolute Gasteiger partial charge is 0.191 e. The second-order valence-corrected chi connectivity index (χ2v) is 9.35. The van der Waals surface area contributed by atoms with Crippen LogP contribution in [0.25, 0.3) is 0 Å². The Hall–Kier alpha value is -1.34. The van der Waals surface area contributed by atoms with Crippen molar-refractivity contribution in [3.8, 4) is 0 Å². The van der Waals surface area contributed by atoms with Crippen LogP contribution in [0.3, 0.4) is 0 Å². The molecule has 8 heteroatoms. The molecule has 0 aromatic carbocycles. The molecule has 0 aliphatic rings. The molecule has 1 aromatic heterocycles. The lowest BCUT2D eigenvalue weighted by molar-refractivity contribution is 0.559. The second kappa shape index (κ2) is 8.49. The van der Waals surface area contributed by atoms with E-state index in [1.807, 2.05) is 6.07 Å². The lowest BCUT2D eigenvalue weighted by Crippen LogP contribution is -2.42. The summed E-state index contributed by atoms with van der Waals surface area (Å²) in [7, 11) is -1.49. The fourth-order valence-electron chi connectivity index (χ4n) is 1.71. The van der Waals surface area contributed by atoms with E-state index in [0.29, 0.717) is 24.2 Å². The Morgan fingerprint density at radius 2 is 1.91 bits per heavy atom. The first kappa shape index (κ1) is 19.7. The van der Waals surface area contributed by atoms with Gasteiger partial charge in [0.2, 0.25) is 0 Å². The third kappa shape index (κ3) is 6.74. The van der Waals surface area contributed by atoms with Crippen LogP contribution < -0.4 is 10.6 Å². The number of halogens is 1. The molecule has 0 bridgehead atoms. The molecule has 0 atom stereocenters. The van der Waals surface area contributed by atoms with Gasteiger partial charge in [0.1, 0.15) is 5.15 Å². The number of rotatable bonds is 6. The summed E-state index contributed by atoms with van der Waals surface area (Å²) in [5.74, 6) is 0.647. The molecule has 1 heterocycles. The van der Waals surface area contributed by atoms with Gasteiger partial charge in [-0.2, -0.15) is 0 Å². The van der Waals surface area contributed by atoms with Gasteiger partial charge in [-0.15, -0.1) is 0 Å². The van der Waals surface area contributed by atoms with Crippen molar-refractivity contribution in [2.75, 3.05) is 25.9 Å². The molecule has 0 spiro atoms. The number of aromatic nitrogens is 1. The molecule has 23 heavy (non-hydrogen) atoms. The first-order valence-corrected chi connectivity index (χ1v) is 9.46. The lowest BCUT2D eigenvalue weighted by Gasteiger charge is -2.19. The highest BCUT2D eigenvalue weighted by Gasteiger charge is 2.28.